The van der Waals surface area contributed by atoms with Crippen molar-refractivity contribution in [3.8, 4) is 22.6 Å². The van der Waals surface area contributed by atoms with Crippen molar-refractivity contribution in [3.05, 3.63) is 239 Å². The lowest BCUT2D eigenvalue weighted by atomic mass is 9.77. The molecule has 0 bridgehead atoms. The number of nitrogens with zero attached hydrogens (tertiary/aromatic N) is 5. The quantitative estimate of drug-likeness (QED) is 0.0754. The van der Waals surface area contributed by atoms with Crippen LogP contribution in [0.15, 0.2) is 188 Å². The number of hydrogen-bond donors (Lipinski definition) is 1. The predicted octanol–water partition coefficient (Wildman–Crippen LogP) is 13.1. The highest BCUT2D eigenvalue weighted by atomic mass is 19.4. The van der Waals surface area contributed by atoms with Crippen LogP contribution in [0, 0.1) is 11.6 Å². The number of piperazine rings is 1. The van der Waals surface area contributed by atoms with Crippen LogP contribution in [0.1, 0.15) is 56.6 Å². The first-order valence-corrected chi connectivity index (χ1v) is 27.2. The van der Waals surface area contributed by atoms with Crippen molar-refractivity contribution in [1.82, 2.24) is 14.7 Å². The third-order valence-corrected chi connectivity index (χ3v) is 15.4. The van der Waals surface area contributed by atoms with Crippen LogP contribution in [0.4, 0.5) is 39.1 Å². The van der Waals surface area contributed by atoms with Crippen LogP contribution in [0.3, 0.4) is 0 Å². The number of nitrogens with one attached hydrogen (secondary N) is 1. The van der Waals surface area contributed by atoms with Crippen LogP contribution in [-0.4, -0.2) is 92.3 Å². The maximum atomic E-state index is 15.6. The number of anilines is 3. The molecule has 2 aliphatic heterocycles. The Labute approximate surface area is 472 Å². The summed E-state index contributed by atoms with van der Waals surface area (Å²) in [5.41, 5.74) is 5.05. The van der Waals surface area contributed by atoms with Crippen molar-refractivity contribution in [2.75, 3.05) is 68.7 Å². The maximum Gasteiger partial charge on any atom is 0.471 e. The third-order valence-electron chi connectivity index (χ3n) is 15.4. The summed E-state index contributed by atoms with van der Waals surface area (Å²) in [6.07, 6.45) is -5.05. The number of aromatic nitrogens is 2. The average Bonchev–Trinajstić information content (AvgIpc) is 4.06. The molecule has 418 valence electrons. The van der Waals surface area contributed by atoms with E-state index in [1.807, 2.05) is 168 Å². The Hall–Kier alpha value is -8.86. The summed E-state index contributed by atoms with van der Waals surface area (Å²) in [7, 11) is 3.60. The zero-order valence-corrected chi connectivity index (χ0v) is 45.2. The van der Waals surface area contributed by atoms with E-state index in [1.54, 1.807) is 13.2 Å². The van der Waals surface area contributed by atoms with Crippen molar-refractivity contribution in [1.29, 1.82) is 0 Å². The van der Waals surface area contributed by atoms with Gasteiger partial charge in [-0.2, -0.15) is 18.3 Å². The molecule has 2 aliphatic rings. The molecule has 8 aromatic carbocycles. The highest BCUT2D eigenvalue weighted by molar-refractivity contribution is 6.14. The number of carbonyl (C=O) groups excluding carboxylic acids is 2. The van der Waals surface area contributed by atoms with Gasteiger partial charge in [0.05, 0.1) is 23.9 Å². The number of amides is 2. The van der Waals surface area contributed by atoms with Crippen LogP contribution < -0.4 is 24.6 Å². The summed E-state index contributed by atoms with van der Waals surface area (Å²) >= 11 is 0. The number of halogens is 5. The minimum atomic E-state index is -5.29. The first-order chi connectivity index (χ1) is 39.8. The van der Waals surface area contributed by atoms with Gasteiger partial charge < -0.3 is 34.2 Å². The van der Waals surface area contributed by atoms with Gasteiger partial charge in [0.15, 0.2) is 5.82 Å². The molecule has 0 atom stereocenters. The number of methoxy groups -OCH3 is 1. The third kappa shape index (κ3) is 11.4. The van der Waals surface area contributed by atoms with Crippen molar-refractivity contribution in [2.24, 2.45) is 0 Å². The summed E-state index contributed by atoms with van der Waals surface area (Å²) in [4.78, 5) is 34.3. The van der Waals surface area contributed by atoms with E-state index < -0.39 is 41.2 Å². The second kappa shape index (κ2) is 23.7. The van der Waals surface area contributed by atoms with E-state index in [1.165, 1.54) is 24.3 Å². The lowest BCUT2D eigenvalue weighted by Crippen LogP contribution is -2.50. The number of ether oxygens (including phenoxy) is 3. The van der Waals surface area contributed by atoms with Crippen LogP contribution in [-0.2, 0) is 28.1 Å². The Balaban J connectivity index is 1.13. The van der Waals surface area contributed by atoms with Gasteiger partial charge >= 0.3 is 12.1 Å². The topological polar surface area (TPSA) is 101 Å². The molecular formula is C66H59F5N6O5. The number of rotatable bonds is 16. The monoisotopic (exact) mass is 1110 g/mol. The van der Waals surface area contributed by atoms with Crippen molar-refractivity contribution >= 4 is 39.9 Å². The Bertz CT molecular complexity index is 3580. The molecule has 1 aromatic heterocycles. The Kier molecular flexibility index (Phi) is 15.9. The molecule has 0 radical (unpaired) electrons. The van der Waals surface area contributed by atoms with Gasteiger partial charge in [-0.3, -0.25) is 9.59 Å². The molecule has 11 nitrogen and oxygen atoms in total. The molecule has 0 saturated carbocycles. The number of benzene rings is 8. The molecule has 16 heteroatoms. The zero-order valence-electron chi connectivity index (χ0n) is 45.2. The molecule has 2 amide bonds. The van der Waals surface area contributed by atoms with E-state index in [4.69, 9.17) is 19.3 Å². The van der Waals surface area contributed by atoms with E-state index in [0.717, 1.165) is 44.5 Å². The van der Waals surface area contributed by atoms with Crippen LogP contribution in [0.25, 0.3) is 22.0 Å². The molecular weight excluding hydrogens is 1050 g/mol. The zero-order chi connectivity index (χ0) is 57.0. The fourth-order valence-electron chi connectivity index (χ4n) is 11.3. The van der Waals surface area contributed by atoms with Crippen molar-refractivity contribution < 1.29 is 45.8 Å². The van der Waals surface area contributed by atoms with E-state index in [0.29, 0.717) is 65.2 Å². The van der Waals surface area contributed by atoms with Gasteiger partial charge in [0.2, 0.25) is 0 Å². The number of hydrogen-bond acceptors (Lipinski definition) is 8. The number of likely N-dealkylation sites (N-methyl/N-ethyl adjacent to an activating group) is 1. The molecule has 9 aromatic rings. The van der Waals surface area contributed by atoms with Crippen LogP contribution >= 0.6 is 0 Å². The van der Waals surface area contributed by atoms with Gasteiger partial charge in [0.1, 0.15) is 35.3 Å². The molecule has 3 heterocycles. The Morgan fingerprint density at radius 2 is 1.27 bits per heavy atom. The molecule has 0 spiro atoms. The van der Waals surface area contributed by atoms with Gasteiger partial charge in [-0.25, -0.2) is 13.5 Å². The molecule has 0 aliphatic carbocycles. The highest BCUT2D eigenvalue weighted by Crippen LogP contribution is 2.46. The second-order valence-corrected chi connectivity index (χ2v) is 20.7. The highest BCUT2D eigenvalue weighted by Gasteiger charge is 2.47. The van der Waals surface area contributed by atoms with Crippen molar-refractivity contribution in [2.45, 2.75) is 43.6 Å². The summed E-state index contributed by atoms with van der Waals surface area (Å²) in [5.74, 6) is -3.11. The van der Waals surface area contributed by atoms with Gasteiger partial charge in [-0.1, -0.05) is 115 Å². The number of fused-ring (bicyclic) bond motifs is 1. The second-order valence-electron chi connectivity index (χ2n) is 20.7. The fourth-order valence-corrected chi connectivity index (χ4v) is 11.3. The first kappa shape index (κ1) is 55.1. The Morgan fingerprint density at radius 1 is 0.683 bits per heavy atom. The first-order valence-electron chi connectivity index (χ1n) is 27.2. The number of carbonyl (C=O) groups is 2. The van der Waals surface area contributed by atoms with Gasteiger partial charge in [0.25, 0.3) is 5.91 Å². The van der Waals surface area contributed by atoms with E-state index >= 15 is 13.6 Å². The van der Waals surface area contributed by atoms with E-state index in [9.17, 15) is 18.0 Å². The summed E-state index contributed by atoms with van der Waals surface area (Å²) in [5, 5.41) is 8.89. The average molecular weight is 1110 g/mol. The molecule has 0 unspecified atom stereocenters. The SMILES string of the molecule is COc1ccc(COc2ccc(-c3cc4c(cc3Cc3cc(F)cc(F)c3)c(NC(=O)c3ccc(N5CCN(C)CC5)cc3N(C(=O)C(F)(F)F)C3CCOCC3)nn4C(c3ccccc3)(c3ccccc3)c3ccccc3)cc2)cc1. The number of alkyl halides is 3. The standard InChI is InChI=1S/C66H59F5N6O5/c1-74-30-32-75(33-31-74)54-22-27-57(60(41-54)76(64(79)66(69,70)71)53-28-34-81-35-29-53)63(78)72-62-59-39-47(36-45-37-51(67)40-52(68)38-45)58(46-20-25-56(26-21-46)82-43-44-18-23-55(80-2)24-19-44)42-61(59)77(73-62)65(48-12-6-3-7-13-48,49-14-8-4-9-15-49)50-16-10-5-11-17-50/h3-27,37-42,53H,28-36,43H2,1-2H3,(H,72,73,78). The summed E-state index contributed by atoms with van der Waals surface area (Å²) < 4.78 is 94.1. The smallest absolute Gasteiger partial charge is 0.471 e. The fraction of sp³-hybridized carbons (Fsp3) is 0.227. The van der Waals surface area contributed by atoms with E-state index in [2.05, 4.69) is 10.2 Å². The normalized spacial score (nSPS) is 14.4. The Morgan fingerprint density at radius 3 is 1.84 bits per heavy atom. The summed E-state index contributed by atoms with van der Waals surface area (Å²) in [6.45, 7) is 3.05. The summed E-state index contributed by atoms with van der Waals surface area (Å²) in [6, 6.07) is 55.3. The largest absolute Gasteiger partial charge is 0.497 e. The minimum absolute atomic E-state index is 0.0208. The van der Waals surface area contributed by atoms with Crippen LogP contribution in [0.5, 0.6) is 11.5 Å². The lowest BCUT2D eigenvalue weighted by molar-refractivity contribution is -0.171. The van der Waals surface area contributed by atoms with Gasteiger partial charge in [0, 0.05) is 62.6 Å². The molecule has 11 rings (SSSR count). The molecule has 2 fully saturated rings. The molecule has 2 saturated heterocycles. The van der Waals surface area contributed by atoms with Crippen LogP contribution in [0.2, 0.25) is 0 Å². The van der Waals surface area contributed by atoms with Crippen molar-refractivity contribution in [3.63, 3.8) is 0 Å². The van der Waals surface area contributed by atoms with E-state index in [-0.39, 0.29) is 56.2 Å². The molecule has 1 N–H and O–H groups in total. The minimum Gasteiger partial charge on any atom is -0.497 e. The predicted molar refractivity (Wildman–Crippen MR) is 308 cm³/mol. The lowest BCUT2D eigenvalue weighted by Gasteiger charge is -2.37. The van der Waals surface area contributed by atoms with Gasteiger partial charge in [-0.05, 0) is 138 Å². The maximum absolute atomic E-state index is 15.6. The molecule has 82 heavy (non-hydrogen) atoms. The van der Waals surface area contributed by atoms with Gasteiger partial charge in [-0.15, -0.1) is 0 Å².